The number of methoxy groups -OCH3 is 1. The van der Waals surface area contributed by atoms with Crippen LogP contribution in [0.4, 0.5) is 0 Å². The van der Waals surface area contributed by atoms with Gasteiger partial charge in [0.25, 0.3) is 5.91 Å². The van der Waals surface area contributed by atoms with E-state index >= 15 is 0 Å². The molecule has 1 N–H and O–H groups in total. The number of benzene rings is 2. The maximum atomic E-state index is 12.3. The van der Waals surface area contributed by atoms with E-state index in [0.29, 0.717) is 18.7 Å². The molecule has 0 aliphatic rings. The van der Waals surface area contributed by atoms with Crippen LogP contribution in [0.5, 0.6) is 0 Å². The molecule has 2 rings (SSSR count). The molecule has 0 aromatic heterocycles. The molecule has 0 heterocycles. The Morgan fingerprint density at radius 2 is 1.95 bits per heavy atom. The highest BCUT2D eigenvalue weighted by Gasteiger charge is 2.11. The molecule has 110 valence electrons. The molecule has 0 saturated carbocycles. The first kappa shape index (κ1) is 16.5. The standard InChI is InChI=1S/C16H15BrINO2/c1-21-10-12-5-3-2-4-11(12)9-19-16(20)14-8-13(18)6-7-15(14)17/h2-8H,9-10H2,1H3,(H,19,20). The predicted octanol–water partition coefficient (Wildman–Crippen LogP) is 4.13. The van der Waals surface area contributed by atoms with E-state index in [1.165, 1.54) is 0 Å². The largest absolute Gasteiger partial charge is 0.380 e. The summed E-state index contributed by atoms with van der Waals surface area (Å²) in [6.07, 6.45) is 0. The first-order valence-corrected chi connectivity index (χ1v) is 8.28. The molecule has 0 unspecified atom stereocenters. The van der Waals surface area contributed by atoms with Gasteiger partial charge in [-0.2, -0.15) is 0 Å². The number of carbonyl (C=O) groups is 1. The van der Waals surface area contributed by atoms with Gasteiger partial charge in [-0.3, -0.25) is 4.79 Å². The highest BCUT2D eigenvalue weighted by molar-refractivity contribution is 14.1. The molecule has 0 radical (unpaired) electrons. The van der Waals surface area contributed by atoms with Crippen molar-refractivity contribution in [1.29, 1.82) is 0 Å². The Balaban J connectivity index is 2.09. The molecule has 5 heteroatoms. The summed E-state index contributed by atoms with van der Waals surface area (Å²) in [7, 11) is 1.67. The van der Waals surface area contributed by atoms with Gasteiger partial charge in [-0.1, -0.05) is 24.3 Å². The Hall–Kier alpha value is -0.920. The van der Waals surface area contributed by atoms with Gasteiger partial charge in [0.15, 0.2) is 0 Å². The van der Waals surface area contributed by atoms with Crippen molar-refractivity contribution in [3.8, 4) is 0 Å². The predicted molar refractivity (Wildman–Crippen MR) is 95.2 cm³/mol. The first-order valence-electron chi connectivity index (χ1n) is 6.41. The third kappa shape index (κ3) is 4.52. The van der Waals surface area contributed by atoms with Crippen LogP contribution >= 0.6 is 38.5 Å². The number of halogens is 2. The van der Waals surface area contributed by atoms with Crippen molar-refractivity contribution in [2.75, 3.05) is 7.11 Å². The van der Waals surface area contributed by atoms with Gasteiger partial charge in [0.2, 0.25) is 0 Å². The number of ether oxygens (including phenoxy) is 1. The topological polar surface area (TPSA) is 38.3 Å². The van der Waals surface area contributed by atoms with Gasteiger partial charge in [-0.15, -0.1) is 0 Å². The molecule has 0 spiro atoms. The molecular weight excluding hydrogens is 445 g/mol. The number of hydrogen-bond donors (Lipinski definition) is 1. The van der Waals surface area contributed by atoms with Crippen LogP contribution in [0.1, 0.15) is 21.5 Å². The van der Waals surface area contributed by atoms with Crippen LogP contribution in [-0.4, -0.2) is 13.0 Å². The van der Waals surface area contributed by atoms with Gasteiger partial charge in [0, 0.05) is 21.7 Å². The minimum absolute atomic E-state index is 0.0902. The molecule has 0 saturated heterocycles. The maximum Gasteiger partial charge on any atom is 0.252 e. The lowest BCUT2D eigenvalue weighted by Gasteiger charge is -2.11. The number of hydrogen-bond acceptors (Lipinski definition) is 2. The van der Waals surface area contributed by atoms with E-state index in [1.807, 2.05) is 42.5 Å². The highest BCUT2D eigenvalue weighted by Crippen LogP contribution is 2.19. The third-order valence-corrected chi connectivity index (χ3v) is 4.39. The van der Waals surface area contributed by atoms with Crippen molar-refractivity contribution in [2.24, 2.45) is 0 Å². The van der Waals surface area contributed by atoms with Gasteiger partial charge in [0.1, 0.15) is 0 Å². The van der Waals surface area contributed by atoms with E-state index in [0.717, 1.165) is 19.2 Å². The van der Waals surface area contributed by atoms with Gasteiger partial charge in [0.05, 0.1) is 12.2 Å². The summed E-state index contributed by atoms with van der Waals surface area (Å²) >= 11 is 5.61. The lowest BCUT2D eigenvalue weighted by atomic mass is 10.1. The summed E-state index contributed by atoms with van der Waals surface area (Å²) < 4.78 is 7.00. The van der Waals surface area contributed by atoms with E-state index in [-0.39, 0.29) is 5.91 Å². The fraction of sp³-hybridized carbons (Fsp3) is 0.188. The van der Waals surface area contributed by atoms with Crippen molar-refractivity contribution in [3.63, 3.8) is 0 Å². The van der Waals surface area contributed by atoms with Crippen LogP contribution in [0.25, 0.3) is 0 Å². The summed E-state index contributed by atoms with van der Waals surface area (Å²) in [4.78, 5) is 12.3. The second-order valence-electron chi connectivity index (χ2n) is 4.51. The molecule has 0 fully saturated rings. The molecule has 2 aromatic carbocycles. The third-order valence-electron chi connectivity index (χ3n) is 3.03. The van der Waals surface area contributed by atoms with Crippen molar-refractivity contribution in [3.05, 3.63) is 67.2 Å². The lowest BCUT2D eigenvalue weighted by molar-refractivity contribution is 0.0949. The SMILES string of the molecule is COCc1ccccc1CNC(=O)c1cc(I)ccc1Br. The Morgan fingerprint density at radius 3 is 2.67 bits per heavy atom. The molecular formula is C16H15BrINO2. The molecule has 2 aromatic rings. The van der Waals surface area contributed by atoms with Crippen molar-refractivity contribution in [2.45, 2.75) is 13.2 Å². The van der Waals surface area contributed by atoms with Crippen molar-refractivity contribution < 1.29 is 9.53 Å². The number of carbonyl (C=O) groups excluding carboxylic acids is 1. The molecule has 0 atom stereocenters. The average Bonchev–Trinajstić information content (AvgIpc) is 2.49. The lowest BCUT2D eigenvalue weighted by Crippen LogP contribution is -2.24. The second kappa shape index (κ2) is 7.91. The molecule has 3 nitrogen and oxygen atoms in total. The zero-order chi connectivity index (χ0) is 15.2. The Morgan fingerprint density at radius 1 is 1.24 bits per heavy atom. The summed E-state index contributed by atoms with van der Waals surface area (Å²) in [6.45, 7) is 1.02. The second-order valence-corrected chi connectivity index (χ2v) is 6.61. The van der Waals surface area contributed by atoms with E-state index in [1.54, 1.807) is 7.11 Å². The smallest absolute Gasteiger partial charge is 0.252 e. The minimum atomic E-state index is -0.0902. The number of nitrogens with one attached hydrogen (secondary N) is 1. The molecule has 0 bridgehead atoms. The minimum Gasteiger partial charge on any atom is -0.380 e. The monoisotopic (exact) mass is 459 g/mol. The van der Waals surface area contributed by atoms with Crippen LogP contribution < -0.4 is 5.32 Å². The summed E-state index contributed by atoms with van der Waals surface area (Å²) in [5.74, 6) is -0.0902. The quantitative estimate of drug-likeness (QED) is 0.682. The highest BCUT2D eigenvalue weighted by atomic mass is 127. The van der Waals surface area contributed by atoms with Crippen molar-refractivity contribution in [1.82, 2.24) is 5.32 Å². The molecule has 21 heavy (non-hydrogen) atoms. The van der Waals surface area contributed by atoms with Gasteiger partial charge >= 0.3 is 0 Å². The van der Waals surface area contributed by atoms with E-state index < -0.39 is 0 Å². The van der Waals surface area contributed by atoms with Crippen LogP contribution in [0.3, 0.4) is 0 Å². The van der Waals surface area contributed by atoms with E-state index in [4.69, 9.17) is 4.74 Å². The summed E-state index contributed by atoms with van der Waals surface area (Å²) in [6, 6.07) is 13.6. The zero-order valence-electron chi connectivity index (χ0n) is 11.5. The fourth-order valence-electron chi connectivity index (χ4n) is 1.97. The average molecular weight is 460 g/mol. The molecule has 0 aliphatic carbocycles. The van der Waals surface area contributed by atoms with Gasteiger partial charge in [-0.05, 0) is 67.8 Å². The van der Waals surface area contributed by atoms with Crippen LogP contribution in [-0.2, 0) is 17.9 Å². The number of rotatable bonds is 5. The van der Waals surface area contributed by atoms with Gasteiger partial charge < -0.3 is 10.1 Å². The van der Waals surface area contributed by atoms with E-state index in [2.05, 4.69) is 43.8 Å². The van der Waals surface area contributed by atoms with E-state index in [9.17, 15) is 4.79 Å². The number of amides is 1. The first-order chi connectivity index (χ1) is 10.1. The zero-order valence-corrected chi connectivity index (χ0v) is 15.3. The Bertz CT molecular complexity index is 646. The van der Waals surface area contributed by atoms with Crippen LogP contribution in [0.15, 0.2) is 46.9 Å². The Kier molecular flexibility index (Phi) is 6.20. The summed E-state index contributed by atoms with van der Waals surface area (Å²) in [5, 5.41) is 2.95. The molecule has 1 amide bonds. The molecule has 0 aliphatic heterocycles. The van der Waals surface area contributed by atoms with Crippen molar-refractivity contribution >= 4 is 44.4 Å². The maximum absolute atomic E-state index is 12.3. The summed E-state index contributed by atoms with van der Waals surface area (Å²) in [5.41, 5.74) is 2.79. The van der Waals surface area contributed by atoms with Crippen LogP contribution in [0, 0.1) is 3.57 Å². The Labute approximate surface area is 146 Å². The fourth-order valence-corrected chi connectivity index (χ4v) is 2.89. The van der Waals surface area contributed by atoms with Gasteiger partial charge in [-0.25, -0.2) is 0 Å². The normalized spacial score (nSPS) is 10.4. The van der Waals surface area contributed by atoms with Crippen LogP contribution in [0.2, 0.25) is 0 Å².